The van der Waals surface area contributed by atoms with Crippen molar-refractivity contribution in [1.82, 2.24) is 15.2 Å². The number of carbonyl (C=O) groups excluding carboxylic acids is 2. The molecule has 5 nitrogen and oxygen atoms in total. The van der Waals surface area contributed by atoms with Gasteiger partial charge in [-0.2, -0.15) is 0 Å². The number of thioether (sulfide) groups is 1. The molecule has 1 fully saturated rings. The smallest absolute Gasteiger partial charge is 0.243 e. The Balaban J connectivity index is 1.75. The van der Waals surface area contributed by atoms with Crippen molar-refractivity contribution in [3.63, 3.8) is 0 Å². The van der Waals surface area contributed by atoms with Gasteiger partial charge in [-0.25, -0.2) is 4.39 Å². The van der Waals surface area contributed by atoms with E-state index in [2.05, 4.69) is 10.3 Å². The van der Waals surface area contributed by atoms with Crippen molar-refractivity contribution in [3.05, 3.63) is 65.7 Å². The standard InChI is InChI=1S/C19H20FN3O2S/c1-2-17(24)23-16(18(25)22-11-13-5-4-8-21-10-13)12-26-19(23)14-6-3-7-15(20)9-14/h3-10,16,19H,2,11-12H2,1H3,(H,22,25). The van der Waals surface area contributed by atoms with E-state index in [1.54, 1.807) is 42.4 Å². The highest BCUT2D eigenvalue weighted by atomic mass is 32.2. The van der Waals surface area contributed by atoms with Crippen LogP contribution in [0.15, 0.2) is 48.8 Å². The third-order valence-corrected chi connectivity index (χ3v) is 5.54. The molecule has 136 valence electrons. The molecule has 2 amide bonds. The number of aromatic nitrogens is 1. The van der Waals surface area contributed by atoms with Crippen LogP contribution in [-0.2, 0) is 16.1 Å². The van der Waals surface area contributed by atoms with Gasteiger partial charge < -0.3 is 10.2 Å². The predicted octanol–water partition coefficient (Wildman–Crippen LogP) is 2.89. The summed E-state index contributed by atoms with van der Waals surface area (Å²) in [7, 11) is 0. The maximum Gasteiger partial charge on any atom is 0.243 e. The van der Waals surface area contributed by atoms with Crippen LogP contribution in [0.1, 0.15) is 29.8 Å². The second kappa shape index (κ2) is 8.31. The van der Waals surface area contributed by atoms with Gasteiger partial charge in [-0.3, -0.25) is 14.6 Å². The fraction of sp³-hybridized carbons (Fsp3) is 0.316. The van der Waals surface area contributed by atoms with E-state index in [-0.39, 0.29) is 23.0 Å². The van der Waals surface area contributed by atoms with Gasteiger partial charge >= 0.3 is 0 Å². The first-order valence-electron chi connectivity index (χ1n) is 8.45. The van der Waals surface area contributed by atoms with E-state index in [9.17, 15) is 14.0 Å². The Hall–Kier alpha value is -2.41. The number of amides is 2. The van der Waals surface area contributed by atoms with Crippen LogP contribution in [0.4, 0.5) is 4.39 Å². The summed E-state index contributed by atoms with van der Waals surface area (Å²) < 4.78 is 13.6. The summed E-state index contributed by atoms with van der Waals surface area (Å²) in [5.41, 5.74) is 1.58. The number of hydrogen-bond acceptors (Lipinski definition) is 4. The van der Waals surface area contributed by atoms with Crippen molar-refractivity contribution < 1.29 is 14.0 Å². The lowest BCUT2D eigenvalue weighted by molar-refractivity contribution is -0.139. The van der Waals surface area contributed by atoms with Crippen LogP contribution in [0, 0.1) is 5.82 Å². The van der Waals surface area contributed by atoms with Gasteiger partial charge in [0.2, 0.25) is 11.8 Å². The molecule has 1 aliphatic rings. The zero-order valence-electron chi connectivity index (χ0n) is 14.4. The molecular weight excluding hydrogens is 353 g/mol. The lowest BCUT2D eigenvalue weighted by Gasteiger charge is -2.28. The molecule has 2 heterocycles. The molecule has 2 unspecified atom stereocenters. The number of pyridine rings is 1. The van der Waals surface area contributed by atoms with Crippen molar-refractivity contribution >= 4 is 23.6 Å². The largest absolute Gasteiger partial charge is 0.350 e. The highest BCUT2D eigenvalue weighted by Gasteiger charge is 2.41. The van der Waals surface area contributed by atoms with Crippen molar-refractivity contribution in [3.8, 4) is 0 Å². The number of benzene rings is 1. The molecule has 1 N–H and O–H groups in total. The molecule has 0 bridgehead atoms. The monoisotopic (exact) mass is 373 g/mol. The highest BCUT2D eigenvalue weighted by molar-refractivity contribution is 7.99. The van der Waals surface area contributed by atoms with Crippen LogP contribution in [0.25, 0.3) is 0 Å². The average Bonchev–Trinajstić information content (AvgIpc) is 3.11. The minimum absolute atomic E-state index is 0.120. The molecule has 0 spiro atoms. The SMILES string of the molecule is CCC(=O)N1C(C(=O)NCc2cccnc2)CSC1c1cccc(F)c1. The molecule has 0 radical (unpaired) electrons. The zero-order valence-corrected chi connectivity index (χ0v) is 15.2. The molecule has 1 saturated heterocycles. The summed E-state index contributed by atoms with van der Waals surface area (Å²) in [6.45, 7) is 2.12. The molecule has 7 heteroatoms. The van der Waals surface area contributed by atoms with Gasteiger partial charge in [0, 0.05) is 31.1 Å². The van der Waals surface area contributed by atoms with E-state index < -0.39 is 6.04 Å². The number of hydrogen-bond donors (Lipinski definition) is 1. The summed E-state index contributed by atoms with van der Waals surface area (Å²) >= 11 is 1.48. The molecule has 1 aliphatic heterocycles. The fourth-order valence-corrected chi connectivity index (χ4v) is 4.36. The van der Waals surface area contributed by atoms with Gasteiger partial charge in [0.15, 0.2) is 0 Å². The fourth-order valence-electron chi connectivity index (χ4n) is 2.92. The van der Waals surface area contributed by atoms with Crippen molar-refractivity contribution in [2.75, 3.05) is 5.75 Å². The van der Waals surface area contributed by atoms with Crippen molar-refractivity contribution in [2.45, 2.75) is 31.3 Å². The Morgan fingerprint density at radius 1 is 1.35 bits per heavy atom. The Labute approximate surface area is 156 Å². The Morgan fingerprint density at radius 2 is 2.19 bits per heavy atom. The van der Waals surface area contributed by atoms with Crippen LogP contribution >= 0.6 is 11.8 Å². The van der Waals surface area contributed by atoms with E-state index in [0.717, 1.165) is 5.56 Å². The second-order valence-corrected chi connectivity index (χ2v) is 7.10. The summed E-state index contributed by atoms with van der Waals surface area (Å²) in [5, 5.41) is 2.52. The summed E-state index contributed by atoms with van der Waals surface area (Å²) in [6.07, 6.45) is 3.65. The van der Waals surface area contributed by atoms with Gasteiger partial charge in [0.1, 0.15) is 17.2 Å². The maximum atomic E-state index is 13.6. The van der Waals surface area contributed by atoms with Gasteiger partial charge in [-0.1, -0.05) is 25.1 Å². The van der Waals surface area contributed by atoms with Gasteiger partial charge in [-0.15, -0.1) is 11.8 Å². The molecule has 0 aliphatic carbocycles. The minimum atomic E-state index is -0.572. The van der Waals surface area contributed by atoms with E-state index in [4.69, 9.17) is 0 Å². The van der Waals surface area contributed by atoms with Crippen LogP contribution < -0.4 is 5.32 Å². The maximum absolute atomic E-state index is 13.6. The third-order valence-electron chi connectivity index (χ3n) is 4.22. The van der Waals surface area contributed by atoms with Crippen molar-refractivity contribution in [2.24, 2.45) is 0 Å². The van der Waals surface area contributed by atoms with E-state index in [1.165, 1.54) is 23.9 Å². The normalized spacial score (nSPS) is 19.4. The molecule has 26 heavy (non-hydrogen) atoms. The lowest BCUT2D eigenvalue weighted by atomic mass is 10.1. The molecule has 2 atom stereocenters. The first-order valence-corrected chi connectivity index (χ1v) is 9.50. The number of nitrogens with zero attached hydrogens (tertiary/aromatic N) is 2. The summed E-state index contributed by atoms with van der Waals surface area (Å²) in [6, 6.07) is 9.30. The van der Waals surface area contributed by atoms with Crippen LogP contribution in [0.5, 0.6) is 0 Å². The third kappa shape index (κ3) is 4.04. The second-order valence-electron chi connectivity index (χ2n) is 5.99. The molecule has 2 aromatic rings. The molecule has 1 aromatic heterocycles. The van der Waals surface area contributed by atoms with Crippen LogP contribution in [0.2, 0.25) is 0 Å². The van der Waals surface area contributed by atoms with Gasteiger partial charge in [0.25, 0.3) is 0 Å². The number of halogens is 1. The first-order chi connectivity index (χ1) is 12.6. The molecule has 0 saturated carbocycles. The number of nitrogens with one attached hydrogen (secondary N) is 1. The Kier molecular flexibility index (Phi) is 5.88. The van der Waals surface area contributed by atoms with E-state index >= 15 is 0 Å². The highest BCUT2D eigenvalue weighted by Crippen LogP contribution is 2.41. The minimum Gasteiger partial charge on any atom is -0.350 e. The molecular formula is C19H20FN3O2S. The molecule has 1 aromatic carbocycles. The van der Waals surface area contributed by atoms with Crippen LogP contribution in [-0.4, -0.2) is 33.5 Å². The number of carbonyl (C=O) groups is 2. The first kappa shape index (κ1) is 18.4. The summed E-state index contributed by atoms with van der Waals surface area (Å²) in [5.74, 6) is -0.199. The lowest BCUT2D eigenvalue weighted by Crippen LogP contribution is -2.47. The van der Waals surface area contributed by atoms with E-state index in [1.807, 2.05) is 6.07 Å². The van der Waals surface area contributed by atoms with Gasteiger partial charge in [-0.05, 0) is 29.3 Å². The Morgan fingerprint density at radius 3 is 2.88 bits per heavy atom. The number of rotatable bonds is 5. The Bertz CT molecular complexity index is 787. The summed E-state index contributed by atoms with van der Waals surface area (Å²) in [4.78, 5) is 30.8. The molecule has 3 rings (SSSR count). The van der Waals surface area contributed by atoms with E-state index in [0.29, 0.717) is 24.3 Å². The average molecular weight is 373 g/mol. The van der Waals surface area contributed by atoms with Crippen molar-refractivity contribution in [1.29, 1.82) is 0 Å². The topological polar surface area (TPSA) is 62.3 Å². The van der Waals surface area contributed by atoms with Crippen LogP contribution in [0.3, 0.4) is 0 Å². The predicted molar refractivity (Wildman–Crippen MR) is 98.6 cm³/mol. The zero-order chi connectivity index (χ0) is 18.5. The quantitative estimate of drug-likeness (QED) is 0.875. The van der Waals surface area contributed by atoms with Gasteiger partial charge in [0.05, 0.1) is 0 Å².